The van der Waals surface area contributed by atoms with Crippen molar-refractivity contribution >= 4 is 17.4 Å². The average Bonchev–Trinajstić information content (AvgIpc) is 2.11. The van der Waals surface area contributed by atoms with E-state index in [1.54, 1.807) is 6.20 Å². The van der Waals surface area contributed by atoms with Crippen molar-refractivity contribution in [3.05, 3.63) is 17.0 Å². The van der Waals surface area contributed by atoms with Gasteiger partial charge in [-0.25, -0.2) is 9.97 Å². The Balaban J connectivity index is 2.59. The summed E-state index contributed by atoms with van der Waals surface area (Å²) in [5, 5.41) is 11.9. The number of nitrogens with one attached hydrogen (secondary N) is 1. The Labute approximate surface area is 82.0 Å². The molecule has 0 saturated heterocycles. The lowest BCUT2D eigenvalue weighted by molar-refractivity contribution is 0.292. The van der Waals surface area contributed by atoms with Gasteiger partial charge in [0.1, 0.15) is 5.82 Å². The fraction of sp³-hybridized carbons (Fsp3) is 0.500. The van der Waals surface area contributed by atoms with Crippen molar-refractivity contribution in [1.82, 2.24) is 9.97 Å². The minimum Gasteiger partial charge on any atom is -0.396 e. The third-order valence-electron chi connectivity index (χ3n) is 1.57. The molecule has 0 spiro atoms. The molecule has 0 radical (unpaired) electrons. The third-order valence-corrected chi connectivity index (χ3v) is 1.75. The molecule has 1 aromatic heterocycles. The number of aromatic nitrogens is 2. The molecule has 0 amide bonds. The van der Waals surface area contributed by atoms with E-state index in [2.05, 4.69) is 15.3 Å². The van der Waals surface area contributed by atoms with E-state index in [0.717, 1.165) is 11.4 Å². The summed E-state index contributed by atoms with van der Waals surface area (Å²) < 4.78 is 0. The monoisotopic (exact) mass is 201 g/mol. The molecule has 1 heterocycles. The highest BCUT2D eigenvalue weighted by atomic mass is 35.5. The Morgan fingerprint density at radius 3 is 3.08 bits per heavy atom. The van der Waals surface area contributed by atoms with E-state index in [0.29, 0.717) is 13.0 Å². The van der Waals surface area contributed by atoms with Crippen LogP contribution in [0, 0.1) is 6.92 Å². The number of aliphatic hydroxyl groups excluding tert-OH is 1. The van der Waals surface area contributed by atoms with Crippen LogP contribution in [-0.4, -0.2) is 28.2 Å². The molecular weight excluding hydrogens is 190 g/mol. The normalized spacial score (nSPS) is 10.1. The van der Waals surface area contributed by atoms with Crippen molar-refractivity contribution in [3.63, 3.8) is 0 Å². The number of anilines is 1. The van der Waals surface area contributed by atoms with Crippen LogP contribution in [0.5, 0.6) is 0 Å². The molecule has 5 heteroatoms. The zero-order valence-corrected chi connectivity index (χ0v) is 8.17. The summed E-state index contributed by atoms with van der Waals surface area (Å²) in [6, 6.07) is 0. The minimum absolute atomic E-state index is 0.171. The summed E-state index contributed by atoms with van der Waals surface area (Å²) in [7, 11) is 0. The maximum Gasteiger partial charge on any atom is 0.224 e. The molecule has 0 saturated carbocycles. The van der Waals surface area contributed by atoms with E-state index in [-0.39, 0.29) is 11.9 Å². The molecule has 0 atom stereocenters. The van der Waals surface area contributed by atoms with Crippen molar-refractivity contribution in [2.24, 2.45) is 0 Å². The second-order valence-electron chi connectivity index (χ2n) is 2.67. The predicted octanol–water partition coefficient (Wildman–Crippen LogP) is 1.23. The lowest BCUT2D eigenvalue weighted by Gasteiger charge is -2.06. The molecule has 0 fully saturated rings. The van der Waals surface area contributed by atoms with Gasteiger partial charge < -0.3 is 10.4 Å². The molecule has 1 rings (SSSR count). The van der Waals surface area contributed by atoms with E-state index in [1.165, 1.54) is 0 Å². The Kier molecular flexibility index (Phi) is 3.92. The number of aryl methyl sites for hydroxylation is 1. The highest BCUT2D eigenvalue weighted by Crippen LogP contribution is 2.11. The van der Waals surface area contributed by atoms with Gasteiger partial charge in [-0.15, -0.1) is 0 Å². The number of hydrogen-bond donors (Lipinski definition) is 2. The number of hydrogen-bond acceptors (Lipinski definition) is 4. The van der Waals surface area contributed by atoms with E-state index in [9.17, 15) is 0 Å². The number of aliphatic hydroxyl groups is 1. The summed E-state index contributed by atoms with van der Waals surface area (Å²) in [4.78, 5) is 7.84. The van der Waals surface area contributed by atoms with Crippen molar-refractivity contribution in [1.29, 1.82) is 0 Å². The van der Waals surface area contributed by atoms with Gasteiger partial charge in [-0.2, -0.15) is 0 Å². The summed E-state index contributed by atoms with van der Waals surface area (Å²) in [5.41, 5.74) is 0.947. The maximum absolute atomic E-state index is 8.57. The molecule has 0 aliphatic rings. The number of nitrogens with zero attached hydrogens (tertiary/aromatic N) is 2. The third kappa shape index (κ3) is 3.16. The Morgan fingerprint density at radius 1 is 1.62 bits per heavy atom. The molecule has 0 aliphatic carbocycles. The fourth-order valence-corrected chi connectivity index (χ4v) is 1.02. The molecule has 0 bridgehead atoms. The zero-order valence-electron chi connectivity index (χ0n) is 7.42. The summed E-state index contributed by atoms with van der Waals surface area (Å²) >= 11 is 5.62. The van der Waals surface area contributed by atoms with Gasteiger partial charge in [0.2, 0.25) is 5.28 Å². The topological polar surface area (TPSA) is 58.0 Å². The highest BCUT2D eigenvalue weighted by molar-refractivity contribution is 6.28. The smallest absolute Gasteiger partial charge is 0.224 e. The molecule has 4 nitrogen and oxygen atoms in total. The molecule has 1 aromatic rings. The highest BCUT2D eigenvalue weighted by Gasteiger charge is 2.00. The summed E-state index contributed by atoms with van der Waals surface area (Å²) in [6.45, 7) is 2.76. The van der Waals surface area contributed by atoms with Crippen LogP contribution in [0.25, 0.3) is 0 Å². The summed E-state index contributed by atoms with van der Waals surface area (Å²) in [5.74, 6) is 0.730. The van der Waals surface area contributed by atoms with Crippen LogP contribution in [0.3, 0.4) is 0 Å². The first-order valence-corrected chi connectivity index (χ1v) is 4.45. The standard InChI is InChI=1S/C8H12ClN3O/c1-6-5-11-8(9)12-7(6)10-3-2-4-13/h5,13H,2-4H2,1H3,(H,10,11,12). The Bertz CT molecular complexity index is 280. The lowest BCUT2D eigenvalue weighted by Crippen LogP contribution is -2.07. The average molecular weight is 202 g/mol. The second kappa shape index (κ2) is 4.99. The minimum atomic E-state index is 0.171. The van der Waals surface area contributed by atoms with Crippen LogP contribution in [-0.2, 0) is 0 Å². The van der Waals surface area contributed by atoms with Crippen molar-refractivity contribution in [2.75, 3.05) is 18.5 Å². The largest absolute Gasteiger partial charge is 0.396 e. The van der Waals surface area contributed by atoms with Crippen LogP contribution in [0.4, 0.5) is 5.82 Å². The predicted molar refractivity (Wildman–Crippen MR) is 52.0 cm³/mol. The van der Waals surface area contributed by atoms with Gasteiger partial charge in [0, 0.05) is 24.9 Å². The van der Waals surface area contributed by atoms with Gasteiger partial charge in [-0.3, -0.25) is 0 Å². The van der Waals surface area contributed by atoms with Gasteiger partial charge in [-0.1, -0.05) is 0 Å². The lowest BCUT2D eigenvalue weighted by atomic mass is 10.3. The van der Waals surface area contributed by atoms with E-state index in [1.807, 2.05) is 6.92 Å². The first-order valence-electron chi connectivity index (χ1n) is 4.08. The summed E-state index contributed by atoms with van der Waals surface area (Å²) in [6.07, 6.45) is 2.36. The van der Waals surface area contributed by atoms with Crippen LogP contribution in [0.15, 0.2) is 6.20 Å². The number of halogens is 1. The Morgan fingerprint density at radius 2 is 2.38 bits per heavy atom. The van der Waals surface area contributed by atoms with Crippen molar-refractivity contribution < 1.29 is 5.11 Å². The van der Waals surface area contributed by atoms with Crippen LogP contribution in [0.1, 0.15) is 12.0 Å². The van der Waals surface area contributed by atoms with Gasteiger partial charge in [0.25, 0.3) is 0 Å². The zero-order chi connectivity index (χ0) is 9.68. The molecule has 72 valence electrons. The van der Waals surface area contributed by atoms with Crippen LogP contribution in [0.2, 0.25) is 5.28 Å². The molecular formula is C8H12ClN3O. The molecule has 2 N–H and O–H groups in total. The van der Waals surface area contributed by atoms with E-state index in [4.69, 9.17) is 16.7 Å². The van der Waals surface area contributed by atoms with Crippen LogP contribution < -0.4 is 5.32 Å². The van der Waals surface area contributed by atoms with Gasteiger partial charge in [0.05, 0.1) is 0 Å². The maximum atomic E-state index is 8.57. The SMILES string of the molecule is Cc1cnc(Cl)nc1NCCCO. The number of rotatable bonds is 4. The van der Waals surface area contributed by atoms with E-state index >= 15 is 0 Å². The van der Waals surface area contributed by atoms with Gasteiger partial charge >= 0.3 is 0 Å². The first kappa shape index (κ1) is 10.2. The molecule has 13 heavy (non-hydrogen) atoms. The van der Waals surface area contributed by atoms with Crippen molar-refractivity contribution in [2.45, 2.75) is 13.3 Å². The van der Waals surface area contributed by atoms with Crippen molar-refractivity contribution in [3.8, 4) is 0 Å². The van der Waals surface area contributed by atoms with E-state index < -0.39 is 0 Å². The van der Waals surface area contributed by atoms with Gasteiger partial charge in [0.15, 0.2) is 0 Å². The molecule has 0 unspecified atom stereocenters. The Hall–Kier alpha value is -0.870. The molecule has 0 aromatic carbocycles. The molecule has 0 aliphatic heterocycles. The fourth-order valence-electron chi connectivity index (χ4n) is 0.885. The second-order valence-corrected chi connectivity index (χ2v) is 3.01. The first-order chi connectivity index (χ1) is 6.24. The van der Waals surface area contributed by atoms with Crippen LogP contribution >= 0.6 is 11.6 Å². The van der Waals surface area contributed by atoms with Gasteiger partial charge in [-0.05, 0) is 24.9 Å². The quantitative estimate of drug-likeness (QED) is 0.569.